The molecule has 0 atom stereocenters. The number of pyridine rings is 1. The fraction of sp³-hybridized carbons (Fsp3) is 0.182. The second kappa shape index (κ2) is 7.49. The minimum Gasteiger partial charge on any atom is -0.383 e. The molecule has 0 fully saturated rings. The van der Waals surface area contributed by atoms with Crippen LogP contribution in [0.5, 0.6) is 0 Å². The number of hydrogen-bond acceptors (Lipinski definition) is 4. The smallest absolute Gasteiger partial charge is 0.207 e. The Hall–Kier alpha value is -3.72. The van der Waals surface area contributed by atoms with Gasteiger partial charge in [-0.1, -0.05) is 24.8 Å². The molecule has 3 aromatic rings. The molecule has 0 amide bonds. The summed E-state index contributed by atoms with van der Waals surface area (Å²) < 4.78 is 0. The normalized spacial score (nSPS) is 15.1. The zero-order chi connectivity index (χ0) is 19.5. The van der Waals surface area contributed by atoms with Crippen molar-refractivity contribution in [3.8, 4) is 6.19 Å². The van der Waals surface area contributed by atoms with Gasteiger partial charge in [-0.15, -0.1) is 0 Å². The second-order valence-electron chi connectivity index (χ2n) is 6.73. The minimum absolute atomic E-state index is 0.151. The predicted molar refractivity (Wildman–Crippen MR) is 113 cm³/mol. The number of nitriles is 1. The highest BCUT2D eigenvalue weighted by Crippen LogP contribution is 2.34. The quantitative estimate of drug-likeness (QED) is 0.315. The summed E-state index contributed by atoms with van der Waals surface area (Å²) in [7, 11) is 0. The van der Waals surface area contributed by atoms with Gasteiger partial charge in [0, 0.05) is 16.3 Å². The van der Waals surface area contributed by atoms with Gasteiger partial charge in [-0.05, 0) is 55.0 Å². The lowest BCUT2D eigenvalue weighted by molar-refractivity contribution is 0.686. The van der Waals surface area contributed by atoms with Crippen molar-refractivity contribution >= 4 is 33.7 Å². The van der Waals surface area contributed by atoms with Crippen LogP contribution < -0.4 is 5.73 Å². The first kappa shape index (κ1) is 17.7. The summed E-state index contributed by atoms with van der Waals surface area (Å²) in [6.45, 7) is 3.73. The number of fused-ring (bicyclic) bond motifs is 5. The van der Waals surface area contributed by atoms with Gasteiger partial charge in [0.1, 0.15) is 5.84 Å². The fourth-order valence-corrected chi connectivity index (χ4v) is 3.83. The number of H-pyrrole nitrogens is 1. The SMILES string of the molecule is C=C/C(=C\C=C\c1nc2ccc3[nH]ncc3c2c2c1CCCC2)C(N)=NC#N. The Morgan fingerprint density at radius 2 is 2.11 bits per heavy atom. The summed E-state index contributed by atoms with van der Waals surface area (Å²) in [5, 5.41) is 18.3. The van der Waals surface area contributed by atoms with Crippen LogP contribution in [-0.2, 0) is 12.8 Å². The van der Waals surface area contributed by atoms with Gasteiger partial charge >= 0.3 is 0 Å². The van der Waals surface area contributed by atoms with E-state index in [1.54, 1.807) is 18.3 Å². The number of nitrogens with one attached hydrogen (secondary N) is 1. The van der Waals surface area contributed by atoms with E-state index in [-0.39, 0.29) is 5.84 Å². The predicted octanol–water partition coefficient (Wildman–Crippen LogP) is 3.95. The van der Waals surface area contributed by atoms with Crippen molar-refractivity contribution in [2.24, 2.45) is 10.7 Å². The zero-order valence-corrected chi connectivity index (χ0v) is 15.4. The number of aryl methyl sites for hydroxylation is 1. The Balaban J connectivity index is 1.84. The van der Waals surface area contributed by atoms with Crippen molar-refractivity contribution in [3.63, 3.8) is 0 Å². The highest BCUT2D eigenvalue weighted by molar-refractivity contribution is 6.07. The lowest BCUT2D eigenvalue weighted by atomic mass is 9.87. The van der Waals surface area contributed by atoms with Crippen molar-refractivity contribution in [1.82, 2.24) is 15.2 Å². The first-order valence-corrected chi connectivity index (χ1v) is 9.24. The molecular formula is C22H20N6. The molecule has 6 nitrogen and oxygen atoms in total. The van der Waals surface area contributed by atoms with E-state index in [4.69, 9.17) is 16.0 Å². The monoisotopic (exact) mass is 368 g/mol. The summed E-state index contributed by atoms with van der Waals surface area (Å²) in [4.78, 5) is 8.48. The molecule has 0 radical (unpaired) electrons. The number of aromatic amines is 1. The van der Waals surface area contributed by atoms with Crippen molar-refractivity contribution in [3.05, 3.63) is 65.5 Å². The van der Waals surface area contributed by atoms with Crippen LogP contribution in [0.1, 0.15) is 29.7 Å². The minimum atomic E-state index is 0.151. The number of allylic oxidation sites excluding steroid dienone is 2. The number of nitrogens with zero attached hydrogens (tertiary/aromatic N) is 4. The molecule has 3 N–H and O–H groups in total. The highest BCUT2D eigenvalue weighted by atomic mass is 15.1. The van der Waals surface area contributed by atoms with Crippen molar-refractivity contribution < 1.29 is 0 Å². The molecule has 0 bridgehead atoms. The van der Waals surface area contributed by atoms with E-state index in [9.17, 15) is 0 Å². The zero-order valence-electron chi connectivity index (χ0n) is 15.4. The Morgan fingerprint density at radius 1 is 1.29 bits per heavy atom. The van der Waals surface area contributed by atoms with Crippen molar-refractivity contribution in [1.29, 1.82) is 5.26 Å². The molecule has 0 spiro atoms. The van der Waals surface area contributed by atoms with Gasteiger partial charge in [-0.3, -0.25) is 5.10 Å². The van der Waals surface area contributed by atoms with Crippen LogP contribution in [0.3, 0.4) is 0 Å². The van der Waals surface area contributed by atoms with Crippen LogP contribution in [-0.4, -0.2) is 21.0 Å². The first-order valence-electron chi connectivity index (χ1n) is 9.24. The van der Waals surface area contributed by atoms with Crippen molar-refractivity contribution in [2.45, 2.75) is 25.7 Å². The standard InChI is InChI=1S/C22H20N6/c1-2-14(22(24)25-13-23)6-5-9-18-15-7-3-4-8-16(15)21-17-12-26-28-19(17)10-11-20(21)27-18/h2,5-6,9-12H,1,3-4,7-8H2,(H2,24,25)(H,26,28)/b9-5+,14-6+. The number of benzene rings is 1. The number of rotatable bonds is 4. The fourth-order valence-electron chi connectivity index (χ4n) is 3.83. The number of aliphatic imine (C=N–C) groups is 1. The number of aromatic nitrogens is 3. The van der Waals surface area contributed by atoms with E-state index in [2.05, 4.69) is 21.8 Å². The number of nitrogens with two attached hydrogens (primary N) is 1. The summed E-state index contributed by atoms with van der Waals surface area (Å²) >= 11 is 0. The van der Waals surface area contributed by atoms with Gasteiger partial charge in [0.25, 0.3) is 0 Å². The third kappa shape index (κ3) is 3.08. The van der Waals surface area contributed by atoms with E-state index >= 15 is 0 Å². The Bertz CT molecular complexity index is 1200. The number of hydrogen-bond donors (Lipinski definition) is 2. The van der Waals surface area contributed by atoms with Crippen LogP contribution in [0.4, 0.5) is 0 Å². The van der Waals surface area contributed by atoms with E-state index in [0.29, 0.717) is 5.57 Å². The van der Waals surface area contributed by atoms with Crippen LogP contribution in [0.25, 0.3) is 27.9 Å². The molecule has 1 aromatic carbocycles. The second-order valence-corrected chi connectivity index (χ2v) is 6.73. The molecule has 1 aliphatic carbocycles. The topological polar surface area (TPSA) is 104 Å². The molecule has 0 saturated heterocycles. The molecule has 0 aliphatic heterocycles. The van der Waals surface area contributed by atoms with Crippen molar-refractivity contribution in [2.75, 3.05) is 0 Å². The molecule has 4 rings (SSSR count). The van der Waals surface area contributed by atoms with Gasteiger partial charge in [0.05, 0.1) is 22.9 Å². The third-order valence-electron chi connectivity index (χ3n) is 5.14. The highest BCUT2D eigenvalue weighted by Gasteiger charge is 2.19. The summed E-state index contributed by atoms with van der Waals surface area (Å²) in [6, 6.07) is 4.07. The Kier molecular flexibility index (Phi) is 4.73. The molecule has 1 aliphatic rings. The maximum atomic E-state index is 8.66. The van der Waals surface area contributed by atoms with Gasteiger partial charge in [-0.2, -0.15) is 15.4 Å². The Morgan fingerprint density at radius 3 is 2.89 bits per heavy atom. The molecular weight excluding hydrogens is 348 g/mol. The van der Waals surface area contributed by atoms with Gasteiger partial charge in [0.15, 0.2) is 0 Å². The van der Waals surface area contributed by atoms with Gasteiger partial charge in [0.2, 0.25) is 6.19 Å². The summed E-state index contributed by atoms with van der Waals surface area (Å²) in [6.07, 6.45) is 15.3. The summed E-state index contributed by atoms with van der Waals surface area (Å²) in [5.41, 5.74) is 12.0. The molecule has 138 valence electrons. The van der Waals surface area contributed by atoms with E-state index < -0.39 is 0 Å². The molecule has 2 heterocycles. The first-order chi connectivity index (χ1) is 13.7. The molecule has 28 heavy (non-hydrogen) atoms. The van der Waals surface area contributed by atoms with Crippen LogP contribution >= 0.6 is 0 Å². The van der Waals surface area contributed by atoms with Gasteiger partial charge in [-0.25, -0.2) is 4.98 Å². The lowest BCUT2D eigenvalue weighted by Crippen LogP contribution is -2.12. The molecule has 0 unspecified atom stereocenters. The number of amidine groups is 1. The average Bonchev–Trinajstić information content (AvgIpc) is 3.20. The lowest BCUT2D eigenvalue weighted by Gasteiger charge is -2.20. The largest absolute Gasteiger partial charge is 0.383 e. The van der Waals surface area contributed by atoms with Crippen LogP contribution in [0.15, 0.2) is 53.7 Å². The average molecular weight is 368 g/mol. The van der Waals surface area contributed by atoms with E-state index in [1.807, 2.05) is 30.5 Å². The molecule has 0 saturated carbocycles. The molecule has 2 aromatic heterocycles. The Labute approximate surface area is 162 Å². The van der Waals surface area contributed by atoms with Gasteiger partial charge < -0.3 is 5.73 Å². The molecule has 6 heteroatoms. The maximum absolute atomic E-state index is 8.66. The third-order valence-corrected chi connectivity index (χ3v) is 5.14. The maximum Gasteiger partial charge on any atom is 0.207 e. The van der Waals surface area contributed by atoms with Crippen LogP contribution in [0, 0.1) is 11.5 Å². The summed E-state index contributed by atoms with van der Waals surface area (Å²) in [5.74, 6) is 0.151. The van der Waals surface area contributed by atoms with E-state index in [1.165, 1.54) is 22.9 Å². The van der Waals surface area contributed by atoms with Crippen LogP contribution in [0.2, 0.25) is 0 Å². The van der Waals surface area contributed by atoms with E-state index in [0.717, 1.165) is 41.4 Å².